The van der Waals surface area contributed by atoms with Crippen molar-refractivity contribution in [3.63, 3.8) is 0 Å². The highest BCUT2D eigenvalue weighted by Gasteiger charge is 2.59. The van der Waals surface area contributed by atoms with E-state index >= 15 is 0 Å². The average Bonchev–Trinajstić information content (AvgIpc) is 3.27. The predicted molar refractivity (Wildman–Crippen MR) is 112 cm³/mol. The van der Waals surface area contributed by atoms with Crippen molar-refractivity contribution in [2.45, 2.75) is 55.4 Å². The van der Waals surface area contributed by atoms with Gasteiger partial charge in [0.1, 0.15) is 17.3 Å². The number of allylic oxidation sites excluding steroid dienone is 1. The zero-order chi connectivity index (χ0) is 24.0. The van der Waals surface area contributed by atoms with Gasteiger partial charge in [0.05, 0.1) is 16.8 Å². The largest absolute Gasteiger partial charge is 0.616 e. The summed E-state index contributed by atoms with van der Waals surface area (Å²) in [6.07, 6.45) is -8.11. The molecule has 1 saturated heterocycles. The molecule has 1 aromatic rings. The van der Waals surface area contributed by atoms with Crippen LogP contribution in [0.5, 0.6) is 5.75 Å². The Morgan fingerprint density at radius 2 is 1.88 bits per heavy atom. The Kier molecular flexibility index (Phi) is 6.51. The van der Waals surface area contributed by atoms with E-state index in [0.717, 1.165) is 12.1 Å². The number of hydrogen-bond acceptors (Lipinski definition) is 5. The van der Waals surface area contributed by atoms with Gasteiger partial charge in [-0.2, -0.15) is 13.2 Å². The molecular formula is C20H20F6N2O3S2. The number of ether oxygens (including phenoxy) is 1. The highest BCUT2D eigenvalue weighted by atomic mass is 32.2. The number of carbonyl (C=O) groups excluding carboxylic acids is 1. The van der Waals surface area contributed by atoms with Crippen molar-refractivity contribution < 1.29 is 40.4 Å². The summed E-state index contributed by atoms with van der Waals surface area (Å²) < 4.78 is 95.8. The maximum Gasteiger partial charge on any atom is 0.573 e. The molecule has 0 bridgehead atoms. The lowest BCUT2D eigenvalue weighted by molar-refractivity contribution is -0.274. The van der Waals surface area contributed by atoms with E-state index in [4.69, 9.17) is 0 Å². The Labute approximate surface area is 193 Å². The number of anilines is 1. The molecule has 1 amide bonds. The number of nitrogens with one attached hydrogen (secondary N) is 2. The van der Waals surface area contributed by atoms with Crippen LogP contribution in [0.4, 0.5) is 32.0 Å². The first-order valence-corrected chi connectivity index (χ1v) is 12.5. The van der Waals surface area contributed by atoms with Gasteiger partial charge >= 0.3 is 12.5 Å². The fourth-order valence-corrected chi connectivity index (χ4v) is 6.74. The van der Waals surface area contributed by atoms with E-state index in [9.17, 15) is 35.7 Å². The second kappa shape index (κ2) is 8.81. The maximum atomic E-state index is 13.1. The third-order valence-electron chi connectivity index (χ3n) is 5.93. The van der Waals surface area contributed by atoms with E-state index in [1.807, 2.05) is 0 Å². The second-order valence-electron chi connectivity index (χ2n) is 8.19. The Bertz CT molecular complexity index is 960. The minimum atomic E-state index is -4.96. The quantitative estimate of drug-likeness (QED) is 0.240. The zero-order valence-electron chi connectivity index (χ0n) is 17.1. The first-order chi connectivity index (χ1) is 15.4. The molecule has 1 heterocycles. The van der Waals surface area contributed by atoms with Gasteiger partial charge in [0.25, 0.3) is 5.91 Å². The van der Waals surface area contributed by atoms with Crippen molar-refractivity contribution in [1.82, 2.24) is 5.32 Å². The lowest BCUT2D eigenvalue weighted by Gasteiger charge is -2.24. The molecule has 1 unspecified atom stereocenters. The molecule has 4 rings (SSSR count). The van der Waals surface area contributed by atoms with Gasteiger partial charge in [0.2, 0.25) is 0 Å². The number of fused-ring (bicyclic) bond motifs is 1. The van der Waals surface area contributed by atoms with Crippen molar-refractivity contribution in [3.05, 3.63) is 34.9 Å². The van der Waals surface area contributed by atoms with Gasteiger partial charge in [0, 0.05) is 23.7 Å². The third kappa shape index (κ3) is 5.68. The number of halogens is 6. The molecule has 2 N–H and O–H groups in total. The highest BCUT2D eigenvalue weighted by molar-refractivity contribution is 8.01. The van der Waals surface area contributed by atoms with E-state index in [-0.39, 0.29) is 41.3 Å². The second-order valence-corrected chi connectivity index (χ2v) is 11.0. The van der Waals surface area contributed by atoms with Gasteiger partial charge in [-0.15, -0.1) is 13.2 Å². The topological polar surface area (TPSA) is 73.4 Å². The van der Waals surface area contributed by atoms with E-state index in [2.05, 4.69) is 14.8 Å². The lowest BCUT2D eigenvalue weighted by Crippen LogP contribution is -2.36. The molecule has 1 aliphatic heterocycles. The Morgan fingerprint density at radius 1 is 1.18 bits per heavy atom. The van der Waals surface area contributed by atoms with Crippen LogP contribution >= 0.6 is 11.9 Å². The number of rotatable bonds is 6. The standard InChI is InChI=1S/C20H20F6N2O3S2/c21-19(22,23)14-3-6-18(10-15(14)18)27-17(29)13-9-11(31-20(24,25)26)1-2-16(13)28-32-12-4-7-33(30)8-5-12/h1-2,9,12,28H,3-8,10H2,(H,27,29). The molecule has 1 saturated carbocycles. The monoisotopic (exact) mass is 514 g/mol. The van der Waals surface area contributed by atoms with Crippen molar-refractivity contribution in [2.24, 2.45) is 0 Å². The molecule has 1 atom stereocenters. The van der Waals surface area contributed by atoms with Crippen LogP contribution in [0.1, 0.15) is 42.5 Å². The third-order valence-corrected chi connectivity index (χ3v) is 8.46. The summed E-state index contributed by atoms with van der Waals surface area (Å²) in [6.45, 7) is 0. The molecule has 33 heavy (non-hydrogen) atoms. The number of alkyl halides is 6. The van der Waals surface area contributed by atoms with Crippen LogP contribution in [-0.4, -0.2) is 45.3 Å². The van der Waals surface area contributed by atoms with Crippen LogP contribution in [-0.2, 0) is 11.2 Å². The van der Waals surface area contributed by atoms with E-state index in [1.165, 1.54) is 18.0 Å². The molecule has 0 radical (unpaired) electrons. The predicted octanol–water partition coefficient (Wildman–Crippen LogP) is 5.08. The fraction of sp³-hybridized carbons (Fsp3) is 0.550. The summed E-state index contributed by atoms with van der Waals surface area (Å²) in [7, 11) is 0. The zero-order valence-corrected chi connectivity index (χ0v) is 18.7. The molecule has 13 heteroatoms. The molecule has 0 spiro atoms. The van der Waals surface area contributed by atoms with Crippen LogP contribution < -0.4 is 14.8 Å². The van der Waals surface area contributed by atoms with E-state index < -0.39 is 46.5 Å². The van der Waals surface area contributed by atoms with Gasteiger partial charge in [-0.05, 0) is 55.0 Å². The average molecular weight is 515 g/mol. The molecule has 0 aromatic heterocycles. The Morgan fingerprint density at radius 3 is 2.45 bits per heavy atom. The molecular weight excluding hydrogens is 494 g/mol. The van der Waals surface area contributed by atoms with Gasteiger partial charge in [-0.25, -0.2) is 0 Å². The van der Waals surface area contributed by atoms with Crippen LogP contribution in [0.15, 0.2) is 29.3 Å². The van der Waals surface area contributed by atoms with Crippen molar-refractivity contribution >= 4 is 34.7 Å². The van der Waals surface area contributed by atoms with Crippen LogP contribution in [0.3, 0.4) is 0 Å². The molecule has 2 aliphatic carbocycles. The summed E-state index contributed by atoms with van der Waals surface area (Å²) in [6, 6.07) is 3.24. The Balaban J connectivity index is 1.52. The summed E-state index contributed by atoms with van der Waals surface area (Å²) in [5.41, 5.74) is -1.55. The fourth-order valence-electron chi connectivity index (χ4n) is 4.20. The molecule has 182 valence electrons. The normalized spacial score (nSPS) is 27.2. The summed E-state index contributed by atoms with van der Waals surface area (Å²) in [5.74, 6) is -0.300. The van der Waals surface area contributed by atoms with Crippen molar-refractivity contribution in [3.8, 4) is 5.75 Å². The minimum Gasteiger partial charge on any atom is -0.616 e. The van der Waals surface area contributed by atoms with Gasteiger partial charge < -0.3 is 19.3 Å². The van der Waals surface area contributed by atoms with Crippen LogP contribution in [0.2, 0.25) is 0 Å². The maximum absolute atomic E-state index is 13.1. The van der Waals surface area contributed by atoms with Crippen LogP contribution in [0, 0.1) is 0 Å². The van der Waals surface area contributed by atoms with Gasteiger partial charge in [-0.1, -0.05) is 11.2 Å². The number of amides is 1. The number of hydrogen-bond donors (Lipinski definition) is 2. The van der Waals surface area contributed by atoms with Crippen molar-refractivity contribution in [2.75, 3.05) is 16.2 Å². The van der Waals surface area contributed by atoms with E-state index in [0.29, 0.717) is 24.3 Å². The molecule has 2 fully saturated rings. The van der Waals surface area contributed by atoms with Crippen molar-refractivity contribution in [1.29, 1.82) is 0 Å². The Hall–Kier alpha value is -1.73. The van der Waals surface area contributed by atoms with Gasteiger partial charge in [0.15, 0.2) is 0 Å². The molecule has 1 aromatic carbocycles. The van der Waals surface area contributed by atoms with Crippen LogP contribution in [0.25, 0.3) is 0 Å². The SMILES string of the molecule is O=C(NC12CCC(C(F)(F)F)=C1C2)c1cc(OC(F)(F)F)ccc1NSC1CC[S+]([O-])CC1. The number of benzene rings is 1. The summed E-state index contributed by atoms with van der Waals surface area (Å²) >= 11 is 0.415. The molecule has 5 nitrogen and oxygen atoms in total. The smallest absolute Gasteiger partial charge is 0.573 e. The number of carbonyl (C=O) groups is 1. The molecule has 3 aliphatic rings. The minimum absolute atomic E-state index is 0.0725. The first kappa shape index (κ1) is 24.4. The summed E-state index contributed by atoms with van der Waals surface area (Å²) in [4.78, 5) is 13.0. The summed E-state index contributed by atoms with van der Waals surface area (Å²) in [5, 5.41) is 2.70. The van der Waals surface area contributed by atoms with Gasteiger partial charge in [-0.3, -0.25) is 4.79 Å². The van der Waals surface area contributed by atoms with E-state index in [1.54, 1.807) is 0 Å². The highest BCUT2D eigenvalue weighted by Crippen LogP contribution is 2.58. The lowest BCUT2D eigenvalue weighted by atomic mass is 10.1. The first-order valence-electron chi connectivity index (χ1n) is 10.1.